The van der Waals surface area contributed by atoms with Gasteiger partial charge in [-0.1, -0.05) is 64.8 Å². The molecule has 0 atom stereocenters. The number of benzene rings is 6. The monoisotopic (exact) mass is 1980 g/mol. The molecule has 32 heteroatoms. The molecule has 6 aromatic carbocycles. The van der Waals surface area contributed by atoms with Crippen LogP contribution in [0.2, 0.25) is 0 Å². The summed E-state index contributed by atoms with van der Waals surface area (Å²) >= 11 is 0. The van der Waals surface area contributed by atoms with E-state index in [9.17, 15) is 47.9 Å². The number of rotatable bonds is 60. The minimum Gasteiger partial charge on any atom is -0.494 e. The molecule has 0 amide bonds. The van der Waals surface area contributed by atoms with Crippen LogP contribution in [0.5, 0.6) is 69.0 Å². The quantitative estimate of drug-likeness (QED) is 0.00500. The highest BCUT2D eigenvalue weighted by Gasteiger charge is 2.31. The molecule has 0 bridgehead atoms. The summed E-state index contributed by atoms with van der Waals surface area (Å²) in [6, 6.07) is 40.2. The lowest BCUT2D eigenvalue weighted by molar-refractivity contribution is -0.218. The first-order chi connectivity index (χ1) is 69.3. The van der Waals surface area contributed by atoms with Gasteiger partial charge in [0.1, 0.15) is 58.9 Å². The fourth-order valence-corrected chi connectivity index (χ4v) is 15.1. The van der Waals surface area contributed by atoms with Crippen LogP contribution in [0.15, 0.2) is 190 Å². The van der Waals surface area contributed by atoms with E-state index in [1.54, 1.807) is 66.7 Å². The van der Waals surface area contributed by atoms with Crippen LogP contribution in [-0.4, -0.2) is 153 Å². The number of aldehydes is 2. The molecule has 4 saturated carbocycles. The lowest BCUT2D eigenvalue weighted by Crippen LogP contribution is -2.27. The molecule has 32 nitrogen and oxygen atoms in total. The minimum atomic E-state index is -0.547. The van der Waals surface area contributed by atoms with Gasteiger partial charge in [0, 0.05) is 24.3 Å². The van der Waals surface area contributed by atoms with E-state index in [4.69, 9.17) is 95.7 Å². The zero-order valence-corrected chi connectivity index (χ0v) is 82.6. The molecule has 142 heavy (non-hydrogen) atoms. The third kappa shape index (κ3) is 52.5. The van der Waals surface area contributed by atoms with Crippen LogP contribution in [0.25, 0.3) is 0 Å². The summed E-state index contributed by atoms with van der Waals surface area (Å²) in [6.45, 7) is 19.8. The highest BCUT2D eigenvalue weighted by Crippen LogP contribution is 2.36. The van der Waals surface area contributed by atoms with Crippen molar-refractivity contribution < 1.29 is 153 Å². The molecule has 0 aromatic heterocycles. The van der Waals surface area contributed by atoms with Gasteiger partial charge in [0.15, 0.2) is 29.3 Å². The van der Waals surface area contributed by atoms with Crippen molar-refractivity contribution in [2.75, 3.05) is 86.9 Å². The molecule has 4 aliphatic carbocycles. The van der Waals surface area contributed by atoms with E-state index < -0.39 is 5.97 Å². The predicted molar refractivity (Wildman–Crippen MR) is 527 cm³/mol. The van der Waals surface area contributed by atoms with E-state index in [0.717, 1.165) is 228 Å². The standard InChI is InChI=1S/C31H38O10.C30H38O9.C25H34O7.C22H30O5.C2H4O/c1-3-30(33)37-19-7-5-4-6-18-36-26-12-14-27(15-13-26)40-38-22-23-8-10-24(11-9-23)31(34)39-28-16-17-29(41-35-2)25(20-28)21-32;1-3-29(31)35-21-7-5-4-6-20-34-25-12-16-28(17-13-25)39-36-22-23-8-10-24(11-9-23)30(32)37-26-14-18-27(19-15-26)38-33-2;1-2-23(26)31-19-16-24(27)30-18-9-4-3-8-17-29-21-12-14-22(15-13-21)32-25(28)20-10-6-5-7-11-20;1-2-21(23)26-17-9-4-3-8-16-25-19-12-14-20(15-13-19)27-22(24)18-10-6-5-7-11-18;1-2-3/h3,12-17,20-21,23-24H,1,4-11,18-19,22H2,2H3;3,12-19,23-24H,1,4-11,20-22H2,2H3;2,12-15,20H,1,3-11,16-19H2;2,12-15,18H,1,3-11,16-17H2;2H,1H3. The molecule has 0 radical (unpaired) electrons. The second-order valence-electron chi connectivity index (χ2n) is 33.9. The summed E-state index contributed by atoms with van der Waals surface area (Å²) < 4.78 is 69.5. The van der Waals surface area contributed by atoms with Gasteiger partial charge in [-0.05, 0) is 338 Å². The maximum absolute atomic E-state index is 12.6. The van der Waals surface area contributed by atoms with E-state index in [0.29, 0.717) is 126 Å². The molecule has 0 N–H and O–H groups in total. The number of hydrogen-bond acceptors (Lipinski definition) is 32. The van der Waals surface area contributed by atoms with E-state index in [1.807, 2.05) is 60.7 Å². The van der Waals surface area contributed by atoms with Crippen molar-refractivity contribution >= 4 is 66.3 Å². The molecule has 0 heterocycles. The Morgan fingerprint density at radius 1 is 0.289 bits per heavy atom. The van der Waals surface area contributed by atoms with Crippen molar-refractivity contribution in [1.29, 1.82) is 0 Å². The van der Waals surface area contributed by atoms with Crippen molar-refractivity contribution in [3.63, 3.8) is 0 Å². The topological polar surface area (TPSA) is 382 Å². The Morgan fingerprint density at radius 2 is 0.549 bits per heavy atom. The molecule has 6 aromatic rings. The lowest BCUT2D eigenvalue weighted by atomic mass is 9.82. The number of esters is 9. The molecule has 10 rings (SSSR count). The van der Waals surface area contributed by atoms with Gasteiger partial charge >= 0.3 is 53.7 Å². The van der Waals surface area contributed by atoms with Gasteiger partial charge in [-0.25, -0.2) is 19.2 Å². The van der Waals surface area contributed by atoms with E-state index in [1.165, 1.54) is 64.3 Å². The van der Waals surface area contributed by atoms with E-state index in [-0.39, 0.29) is 107 Å². The van der Waals surface area contributed by atoms with Crippen molar-refractivity contribution in [3.8, 4) is 69.0 Å². The summed E-state index contributed by atoms with van der Waals surface area (Å²) in [6.07, 6.45) is 37.6. The van der Waals surface area contributed by atoms with Gasteiger partial charge in [0.05, 0.1) is 116 Å². The zero-order valence-electron chi connectivity index (χ0n) is 82.6. The third-order valence-electron chi connectivity index (χ3n) is 23.1. The normalized spacial score (nSPS) is 15.2. The number of carbonyl (C=O) groups is 11. The number of unbranched alkanes of at least 4 members (excludes halogenated alkanes) is 12. The highest BCUT2D eigenvalue weighted by molar-refractivity contribution is 5.84. The first-order valence-electron chi connectivity index (χ1n) is 49.5. The fraction of sp³-hybridized carbons (Fsp3) is 0.500. The van der Waals surface area contributed by atoms with Crippen molar-refractivity contribution in [2.45, 2.75) is 232 Å². The smallest absolute Gasteiger partial charge is 0.330 e. The summed E-state index contributed by atoms with van der Waals surface area (Å²) in [5.41, 5.74) is 0.231. The molecule has 4 aliphatic rings. The van der Waals surface area contributed by atoms with E-state index >= 15 is 0 Å². The fourth-order valence-electron chi connectivity index (χ4n) is 15.1. The lowest BCUT2D eigenvalue weighted by Gasteiger charge is -2.26. The van der Waals surface area contributed by atoms with Crippen LogP contribution >= 0.6 is 0 Å². The summed E-state index contributed by atoms with van der Waals surface area (Å²) in [5, 5.41) is 0. The molecular weight excluding hydrogens is 1830 g/mol. The molecule has 0 spiro atoms. The molecular formula is C110H144O32. The summed E-state index contributed by atoms with van der Waals surface area (Å²) in [7, 11) is 2.77. The maximum Gasteiger partial charge on any atom is 0.330 e. The van der Waals surface area contributed by atoms with Crippen molar-refractivity contribution in [2.24, 2.45) is 35.5 Å². The average Bonchev–Trinajstić information content (AvgIpc) is 0.850. The second-order valence-corrected chi connectivity index (χ2v) is 33.9. The summed E-state index contributed by atoms with van der Waals surface area (Å²) in [5.74, 6) is 4.47. The second kappa shape index (κ2) is 74.1. The third-order valence-corrected chi connectivity index (χ3v) is 23.1. The first-order valence-corrected chi connectivity index (χ1v) is 49.5. The van der Waals surface area contributed by atoms with Crippen LogP contribution in [0, 0.1) is 35.5 Å². The summed E-state index contributed by atoms with van der Waals surface area (Å²) in [4.78, 5) is 166. The van der Waals surface area contributed by atoms with Crippen LogP contribution < -0.4 is 57.4 Å². The Kier molecular flexibility index (Phi) is 61.5. The van der Waals surface area contributed by atoms with Crippen molar-refractivity contribution in [1.82, 2.24) is 0 Å². The predicted octanol–water partition coefficient (Wildman–Crippen LogP) is 21.7. The first kappa shape index (κ1) is 118. The van der Waals surface area contributed by atoms with Gasteiger partial charge in [-0.3, -0.25) is 28.8 Å². The van der Waals surface area contributed by atoms with Gasteiger partial charge < -0.3 is 85.9 Å². The Morgan fingerprint density at radius 3 is 0.852 bits per heavy atom. The Hall–Kier alpha value is -12.9. The SMILES string of the molecule is C=CC(=O)OCCC(=O)OCCCCCCOc1ccc(OC(=O)C2CCCCC2)cc1.C=CC(=O)OCCCCCCOc1ccc(OC(=O)C2CCCCC2)cc1.C=CC(=O)OCCCCCCOc1ccc(OOCC2CCC(C(=O)Oc3ccc(OOC)c(C=O)c3)CC2)cc1.C=CC(=O)OCCCCCCOc1ccc(OOCC2CCC(C(=O)Oc3ccc(OOC)cc3)CC2)cc1.CC=O. The molecule has 0 unspecified atom stereocenters. The van der Waals surface area contributed by atoms with Gasteiger partial charge in [0.25, 0.3) is 0 Å². The van der Waals surface area contributed by atoms with Crippen LogP contribution in [0.4, 0.5) is 0 Å². The van der Waals surface area contributed by atoms with Gasteiger partial charge in [0.2, 0.25) is 0 Å². The number of ether oxygens (including phenoxy) is 13. The van der Waals surface area contributed by atoms with Crippen LogP contribution in [0.1, 0.15) is 242 Å². The maximum atomic E-state index is 12.6. The largest absolute Gasteiger partial charge is 0.494 e. The Bertz CT molecular complexity index is 4600. The van der Waals surface area contributed by atoms with Gasteiger partial charge in [-0.15, -0.1) is 0 Å². The molecule has 0 saturated heterocycles. The van der Waals surface area contributed by atoms with Crippen LogP contribution in [-0.2, 0) is 91.2 Å². The number of carbonyl (C=O) groups excluding carboxylic acids is 11. The number of hydrogen-bond donors (Lipinski definition) is 0. The van der Waals surface area contributed by atoms with E-state index in [2.05, 4.69) is 36.1 Å². The highest BCUT2D eigenvalue weighted by atomic mass is 17.2. The molecule has 4 fully saturated rings. The Balaban J connectivity index is 0.000000290. The zero-order chi connectivity index (χ0) is 102. The minimum absolute atomic E-state index is 0.00492. The van der Waals surface area contributed by atoms with Crippen molar-refractivity contribution in [3.05, 3.63) is 196 Å². The van der Waals surface area contributed by atoms with Crippen LogP contribution in [0.3, 0.4) is 0 Å². The average molecular weight is 1980 g/mol. The Labute approximate surface area is 834 Å². The molecule has 0 aliphatic heterocycles. The molecule has 776 valence electrons. The van der Waals surface area contributed by atoms with Gasteiger partial charge in [-0.2, -0.15) is 19.6 Å².